The molecule has 0 bridgehead atoms. The largest absolute Gasteiger partial charge is 0.508 e. The van der Waals surface area contributed by atoms with Gasteiger partial charge in [-0.1, -0.05) is 0 Å². The Labute approximate surface area is 101 Å². The van der Waals surface area contributed by atoms with Crippen LogP contribution in [0.15, 0.2) is 50.3 Å². The molecule has 0 saturated carbocycles. The zero-order valence-corrected chi connectivity index (χ0v) is 9.53. The molecule has 84 valence electrons. The Balaban J connectivity index is 2.42. The molecule has 1 aromatic carbocycles. The summed E-state index contributed by atoms with van der Waals surface area (Å²) in [4.78, 5) is 11.5. The summed E-state index contributed by atoms with van der Waals surface area (Å²) in [5, 5.41) is 14.1. The number of hydrogen-bond donors (Lipinski definition) is 1. The molecule has 17 heavy (non-hydrogen) atoms. The highest BCUT2D eigenvalue weighted by molar-refractivity contribution is 7.08. The van der Waals surface area contributed by atoms with Crippen LogP contribution in [0.25, 0.3) is 22.1 Å². The minimum Gasteiger partial charge on any atom is -0.508 e. The van der Waals surface area contributed by atoms with Crippen LogP contribution < -0.4 is 5.63 Å². The van der Waals surface area contributed by atoms with E-state index in [1.807, 2.05) is 16.8 Å². The van der Waals surface area contributed by atoms with Gasteiger partial charge in [0, 0.05) is 23.1 Å². The van der Waals surface area contributed by atoms with E-state index in [1.165, 1.54) is 12.1 Å². The Bertz CT molecular complexity index is 726. The van der Waals surface area contributed by atoms with Crippen molar-refractivity contribution in [2.45, 2.75) is 0 Å². The second-order valence-electron chi connectivity index (χ2n) is 3.67. The third-order valence-corrected chi connectivity index (χ3v) is 3.24. The van der Waals surface area contributed by atoms with E-state index in [1.54, 1.807) is 23.5 Å². The van der Waals surface area contributed by atoms with Crippen molar-refractivity contribution in [3.8, 4) is 16.9 Å². The van der Waals surface area contributed by atoms with Crippen LogP contribution in [0.3, 0.4) is 0 Å². The molecule has 0 aliphatic heterocycles. The Hall–Kier alpha value is -2.07. The molecule has 0 atom stereocenters. The molecule has 1 N–H and O–H groups in total. The molecule has 3 aromatic rings. The number of rotatable bonds is 1. The fourth-order valence-corrected chi connectivity index (χ4v) is 2.46. The van der Waals surface area contributed by atoms with Gasteiger partial charge in [-0.2, -0.15) is 11.3 Å². The lowest BCUT2D eigenvalue weighted by Gasteiger charge is -2.03. The van der Waals surface area contributed by atoms with Crippen molar-refractivity contribution in [3.63, 3.8) is 0 Å². The van der Waals surface area contributed by atoms with Crippen LogP contribution in [-0.4, -0.2) is 5.11 Å². The van der Waals surface area contributed by atoms with E-state index in [0.29, 0.717) is 5.58 Å². The van der Waals surface area contributed by atoms with Crippen LogP contribution >= 0.6 is 11.3 Å². The second-order valence-corrected chi connectivity index (χ2v) is 4.45. The van der Waals surface area contributed by atoms with Crippen molar-refractivity contribution >= 4 is 22.3 Å². The zero-order chi connectivity index (χ0) is 11.8. The van der Waals surface area contributed by atoms with Gasteiger partial charge in [-0.3, -0.25) is 0 Å². The van der Waals surface area contributed by atoms with E-state index < -0.39 is 5.63 Å². The highest BCUT2D eigenvalue weighted by Gasteiger charge is 2.08. The van der Waals surface area contributed by atoms with Gasteiger partial charge in [0.05, 0.1) is 0 Å². The topological polar surface area (TPSA) is 50.4 Å². The first-order valence-electron chi connectivity index (χ1n) is 5.03. The van der Waals surface area contributed by atoms with Crippen LogP contribution in [0.4, 0.5) is 0 Å². The molecule has 3 nitrogen and oxygen atoms in total. The number of fused-ring (bicyclic) bond motifs is 1. The molecule has 0 aliphatic carbocycles. The maximum absolute atomic E-state index is 11.5. The molecule has 0 unspecified atom stereocenters. The predicted molar refractivity (Wildman–Crippen MR) is 67.5 cm³/mol. The zero-order valence-electron chi connectivity index (χ0n) is 8.71. The first-order valence-corrected chi connectivity index (χ1v) is 5.98. The van der Waals surface area contributed by atoms with Gasteiger partial charge in [0.2, 0.25) is 0 Å². The number of aromatic hydroxyl groups is 1. The first kappa shape index (κ1) is 10.1. The van der Waals surface area contributed by atoms with Gasteiger partial charge in [-0.25, -0.2) is 4.79 Å². The molecule has 0 spiro atoms. The van der Waals surface area contributed by atoms with Crippen LogP contribution in [0.5, 0.6) is 5.75 Å². The fraction of sp³-hybridized carbons (Fsp3) is 0. The SMILES string of the molecule is O=c1cc(-c2ccsc2)c2ccc(O)cc2o1. The van der Waals surface area contributed by atoms with Crippen LogP contribution in [-0.2, 0) is 0 Å². The molecule has 0 radical (unpaired) electrons. The van der Waals surface area contributed by atoms with Gasteiger partial charge in [0.15, 0.2) is 0 Å². The number of thiophene rings is 1. The normalized spacial score (nSPS) is 10.8. The highest BCUT2D eigenvalue weighted by Crippen LogP contribution is 2.30. The van der Waals surface area contributed by atoms with Crippen LogP contribution in [0.1, 0.15) is 0 Å². The van der Waals surface area contributed by atoms with Crippen molar-refractivity contribution in [3.05, 3.63) is 51.5 Å². The molecule has 0 fully saturated rings. The lowest BCUT2D eigenvalue weighted by molar-refractivity contribution is 0.473. The van der Waals surface area contributed by atoms with Gasteiger partial charge in [0.1, 0.15) is 11.3 Å². The summed E-state index contributed by atoms with van der Waals surface area (Å²) in [6.07, 6.45) is 0. The smallest absolute Gasteiger partial charge is 0.336 e. The summed E-state index contributed by atoms with van der Waals surface area (Å²) in [5.74, 6) is 0.0862. The summed E-state index contributed by atoms with van der Waals surface area (Å²) in [6, 6.07) is 8.21. The van der Waals surface area contributed by atoms with E-state index in [4.69, 9.17) is 4.42 Å². The third kappa shape index (κ3) is 1.72. The minimum atomic E-state index is -0.413. The molecule has 0 aliphatic rings. The summed E-state index contributed by atoms with van der Waals surface area (Å²) in [5.41, 5.74) is 1.80. The summed E-state index contributed by atoms with van der Waals surface area (Å²) in [6.45, 7) is 0. The standard InChI is InChI=1S/C13H8O3S/c14-9-1-2-10-11(8-3-4-17-7-8)6-13(15)16-12(10)5-9/h1-7,14H. The van der Waals surface area contributed by atoms with Gasteiger partial charge in [-0.05, 0) is 34.5 Å². The Morgan fingerprint density at radius 1 is 1.18 bits per heavy atom. The van der Waals surface area contributed by atoms with E-state index in [9.17, 15) is 9.90 Å². The molecular weight excluding hydrogens is 236 g/mol. The van der Waals surface area contributed by atoms with E-state index in [2.05, 4.69) is 0 Å². The van der Waals surface area contributed by atoms with E-state index in [0.717, 1.165) is 16.5 Å². The number of phenolic OH excluding ortho intramolecular Hbond substituents is 1. The lowest BCUT2D eigenvalue weighted by atomic mass is 10.1. The van der Waals surface area contributed by atoms with Gasteiger partial charge in [-0.15, -0.1) is 0 Å². The number of phenols is 1. The Kier molecular flexibility index (Phi) is 2.23. The van der Waals surface area contributed by atoms with Crippen LogP contribution in [0, 0.1) is 0 Å². The highest BCUT2D eigenvalue weighted by atomic mass is 32.1. The molecule has 4 heteroatoms. The summed E-state index contributed by atoms with van der Waals surface area (Å²) in [7, 11) is 0. The first-order chi connectivity index (χ1) is 8.24. The Morgan fingerprint density at radius 2 is 2.06 bits per heavy atom. The van der Waals surface area contributed by atoms with Crippen molar-refractivity contribution < 1.29 is 9.52 Å². The number of hydrogen-bond acceptors (Lipinski definition) is 4. The third-order valence-electron chi connectivity index (χ3n) is 2.56. The number of benzene rings is 1. The predicted octanol–water partition coefficient (Wildman–Crippen LogP) is 3.23. The van der Waals surface area contributed by atoms with Crippen molar-refractivity contribution in [1.29, 1.82) is 0 Å². The minimum absolute atomic E-state index is 0.0862. The molecule has 2 heterocycles. The molecule has 0 amide bonds. The van der Waals surface area contributed by atoms with Crippen molar-refractivity contribution in [2.75, 3.05) is 0 Å². The Morgan fingerprint density at radius 3 is 2.82 bits per heavy atom. The van der Waals surface area contributed by atoms with Gasteiger partial charge >= 0.3 is 5.63 Å². The molecular formula is C13H8O3S. The van der Waals surface area contributed by atoms with Crippen molar-refractivity contribution in [2.24, 2.45) is 0 Å². The van der Waals surface area contributed by atoms with Gasteiger partial charge in [0.25, 0.3) is 0 Å². The fourth-order valence-electron chi connectivity index (χ4n) is 1.81. The monoisotopic (exact) mass is 244 g/mol. The summed E-state index contributed by atoms with van der Waals surface area (Å²) < 4.78 is 5.07. The lowest BCUT2D eigenvalue weighted by Crippen LogP contribution is -1.97. The summed E-state index contributed by atoms with van der Waals surface area (Å²) >= 11 is 1.57. The van der Waals surface area contributed by atoms with E-state index >= 15 is 0 Å². The molecule has 3 rings (SSSR count). The molecule has 0 saturated heterocycles. The second kappa shape index (κ2) is 3.75. The molecule has 2 aromatic heterocycles. The quantitative estimate of drug-likeness (QED) is 0.668. The van der Waals surface area contributed by atoms with Gasteiger partial charge < -0.3 is 9.52 Å². The van der Waals surface area contributed by atoms with Crippen LogP contribution in [0.2, 0.25) is 0 Å². The van der Waals surface area contributed by atoms with E-state index in [-0.39, 0.29) is 5.75 Å². The van der Waals surface area contributed by atoms with Crippen molar-refractivity contribution in [1.82, 2.24) is 0 Å². The maximum Gasteiger partial charge on any atom is 0.336 e. The average Bonchev–Trinajstić information content (AvgIpc) is 2.80. The maximum atomic E-state index is 11.5. The average molecular weight is 244 g/mol.